The lowest BCUT2D eigenvalue weighted by Crippen LogP contribution is -2.32. The van der Waals surface area contributed by atoms with Crippen LogP contribution < -0.4 is 10.6 Å². The number of nitrogens with one attached hydrogen (secondary N) is 2. The van der Waals surface area contributed by atoms with E-state index in [1.165, 1.54) is 12.1 Å². The number of benzene rings is 1. The van der Waals surface area contributed by atoms with Crippen molar-refractivity contribution in [3.63, 3.8) is 0 Å². The zero-order valence-corrected chi connectivity index (χ0v) is 12.1. The minimum atomic E-state index is -0.338. The van der Waals surface area contributed by atoms with Crippen molar-refractivity contribution in [3.05, 3.63) is 33.9 Å². The third-order valence-corrected chi connectivity index (χ3v) is 3.38. The molecule has 0 aliphatic carbocycles. The maximum absolute atomic E-state index is 12.2. The van der Waals surface area contributed by atoms with Gasteiger partial charge in [0.25, 0.3) is 5.91 Å². The van der Waals surface area contributed by atoms with E-state index in [9.17, 15) is 9.90 Å². The molecule has 0 saturated heterocycles. The fourth-order valence-electron chi connectivity index (χ4n) is 1.77. The molecule has 5 nitrogen and oxygen atoms in total. The summed E-state index contributed by atoms with van der Waals surface area (Å²) in [5.41, 5.74) is 0.754. The van der Waals surface area contributed by atoms with Crippen LogP contribution in [-0.2, 0) is 9.53 Å². The molecule has 0 saturated carbocycles. The second-order valence-corrected chi connectivity index (χ2v) is 4.94. The Labute approximate surface area is 126 Å². The molecule has 0 bridgehead atoms. The Morgan fingerprint density at radius 2 is 1.85 bits per heavy atom. The molecule has 0 fully saturated rings. The number of halogens is 2. The first-order valence-electron chi connectivity index (χ1n) is 6.08. The van der Waals surface area contributed by atoms with Gasteiger partial charge in [-0.15, -0.1) is 0 Å². The lowest BCUT2D eigenvalue weighted by atomic mass is 10.1. The Morgan fingerprint density at radius 3 is 2.55 bits per heavy atom. The van der Waals surface area contributed by atoms with Gasteiger partial charge in [0.05, 0.1) is 23.8 Å². The molecule has 3 N–H and O–H groups in total. The highest BCUT2D eigenvalue weighted by Gasteiger charge is 2.18. The van der Waals surface area contributed by atoms with Crippen molar-refractivity contribution in [1.82, 2.24) is 10.6 Å². The smallest absolute Gasteiger partial charge is 0.255 e. The number of phenolic OH excluding ortho intramolecular Hbond substituents is 1. The van der Waals surface area contributed by atoms with Gasteiger partial charge >= 0.3 is 0 Å². The van der Waals surface area contributed by atoms with E-state index < -0.39 is 0 Å². The van der Waals surface area contributed by atoms with Crippen molar-refractivity contribution in [1.29, 1.82) is 0 Å². The van der Waals surface area contributed by atoms with Crippen LogP contribution >= 0.6 is 23.2 Å². The predicted molar refractivity (Wildman–Crippen MR) is 77.7 cm³/mol. The van der Waals surface area contributed by atoms with E-state index in [1.54, 1.807) is 6.07 Å². The van der Waals surface area contributed by atoms with Crippen molar-refractivity contribution in [2.75, 3.05) is 26.3 Å². The van der Waals surface area contributed by atoms with Gasteiger partial charge in [0.2, 0.25) is 0 Å². The number of amides is 1. The summed E-state index contributed by atoms with van der Waals surface area (Å²) in [5.74, 6) is -0.441. The maximum atomic E-state index is 12.2. The molecule has 108 valence electrons. The molecule has 1 aliphatic rings. The molecule has 2 rings (SSSR count). The van der Waals surface area contributed by atoms with Crippen LogP contribution in [0.5, 0.6) is 5.75 Å². The third kappa shape index (κ3) is 3.56. The van der Waals surface area contributed by atoms with Gasteiger partial charge in [-0.1, -0.05) is 29.3 Å². The number of carbonyl (C=O) groups excluding carboxylic acids is 1. The number of phenols is 1. The Bertz CT molecular complexity index is 546. The molecule has 1 aromatic rings. The SMILES string of the molecule is O=C1NCCOCCN/C(Cl)=C\1c1ccc(Cl)c(O)c1. The second kappa shape index (κ2) is 6.83. The number of hydrogen-bond acceptors (Lipinski definition) is 4. The number of carbonyl (C=O) groups is 1. The highest BCUT2D eigenvalue weighted by Crippen LogP contribution is 2.29. The normalized spacial score (nSPS) is 21.0. The van der Waals surface area contributed by atoms with Crippen LogP contribution in [-0.4, -0.2) is 37.3 Å². The fraction of sp³-hybridized carbons (Fsp3) is 0.308. The average molecular weight is 317 g/mol. The van der Waals surface area contributed by atoms with Gasteiger partial charge in [0.15, 0.2) is 0 Å². The van der Waals surface area contributed by atoms with Gasteiger partial charge < -0.3 is 20.5 Å². The fourth-order valence-corrected chi connectivity index (χ4v) is 2.18. The highest BCUT2D eigenvalue weighted by molar-refractivity contribution is 6.39. The molecule has 1 heterocycles. The van der Waals surface area contributed by atoms with Crippen LogP contribution in [0.25, 0.3) is 5.57 Å². The van der Waals surface area contributed by atoms with Crippen molar-refractivity contribution in [2.24, 2.45) is 0 Å². The molecule has 0 unspecified atom stereocenters. The molecule has 1 amide bonds. The number of aromatic hydroxyl groups is 1. The van der Waals surface area contributed by atoms with Gasteiger partial charge in [-0.05, 0) is 17.7 Å². The first kappa shape index (κ1) is 15.0. The van der Waals surface area contributed by atoms with Crippen LogP contribution in [0.1, 0.15) is 5.56 Å². The van der Waals surface area contributed by atoms with Gasteiger partial charge in [-0.2, -0.15) is 0 Å². The summed E-state index contributed by atoms with van der Waals surface area (Å²) in [6.45, 7) is 1.82. The van der Waals surface area contributed by atoms with Crippen molar-refractivity contribution in [2.45, 2.75) is 0 Å². The van der Waals surface area contributed by atoms with E-state index in [2.05, 4.69) is 10.6 Å². The molecular formula is C13H14Cl2N2O3. The van der Waals surface area contributed by atoms with E-state index in [0.29, 0.717) is 31.9 Å². The third-order valence-electron chi connectivity index (χ3n) is 2.74. The summed E-state index contributed by atoms with van der Waals surface area (Å²) in [6.07, 6.45) is 0. The largest absolute Gasteiger partial charge is 0.506 e. The highest BCUT2D eigenvalue weighted by atomic mass is 35.5. The van der Waals surface area contributed by atoms with Gasteiger partial charge in [0.1, 0.15) is 10.9 Å². The molecule has 1 aliphatic heterocycles. The summed E-state index contributed by atoms with van der Waals surface area (Å²) in [7, 11) is 0. The van der Waals surface area contributed by atoms with Crippen LogP contribution in [0.15, 0.2) is 23.4 Å². The van der Waals surface area contributed by atoms with Crippen LogP contribution in [0.2, 0.25) is 5.02 Å². The zero-order chi connectivity index (χ0) is 14.5. The first-order valence-corrected chi connectivity index (χ1v) is 6.83. The van der Waals surface area contributed by atoms with Crippen molar-refractivity contribution >= 4 is 34.7 Å². The Kier molecular flexibility index (Phi) is 5.11. The first-order chi connectivity index (χ1) is 9.59. The average Bonchev–Trinajstić information content (AvgIpc) is 2.41. The molecule has 0 aromatic heterocycles. The van der Waals surface area contributed by atoms with Crippen molar-refractivity contribution < 1.29 is 14.6 Å². The topological polar surface area (TPSA) is 70.6 Å². The number of hydrogen-bond donors (Lipinski definition) is 3. The van der Waals surface area contributed by atoms with Crippen LogP contribution in [0.4, 0.5) is 0 Å². The van der Waals surface area contributed by atoms with Crippen molar-refractivity contribution in [3.8, 4) is 5.75 Å². The molecule has 20 heavy (non-hydrogen) atoms. The predicted octanol–water partition coefficient (Wildman–Crippen LogP) is 1.69. The minimum Gasteiger partial charge on any atom is -0.506 e. The van der Waals surface area contributed by atoms with E-state index in [0.717, 1.165) is 0 Å². The van der Waals surface area contributed by atoms with E-state index in [4.69, 9.17) is 27.9 Å². The van der Waals surface area contributed by atoms with E-state index >= 15 is 0 Å². The maximum Gasteiger partial charge on any atom is 0.255 e. The second-order valence-electron chi connectivity index (χ2n) is 4.15. The number of ether oxygens (including phenoxy) is 1. The van der Waals surface area contributed by atoms with Gasteiger partial charge in [-0.25, -0.2) is 0 Å². The van der Waals surface area contributed by atoms with E-state index in [-0.39, 0.29) is 27.4 Å². The summed E-state index contributed by atoms with van der Waals surface area (Å²) >= 11 is 11.9. The summed E-state index contributed by atoms with van der Waals surface area (Å²) in [6, 6.07) is 4.55. The number of rotatable bonds is 1. The molecule has 0 atom stereocenters. The summed E-state index contributed by atoms with van der Waals surface area (Å²) in [5, 5.41) is 15.7. The minimum absolute atomic E-state index is 0.102. The Morgan fingerprint density at radius 1 is 1.15 bits per heavy atom. The Balaban J connectivity index is 2.39. The quantitative estimate of drug-likeness (QED) is 0.690. The molecule has 1 aromatic carbocycles. The van der Waals surface area contributed by atoms with Crippen LogP contribution in [0, 0.1) is 0 Å². The summed E-state index contributed by atoms with van der Waals surface area (Å²) < 4.78 is 5.27. The van der Waals surface area contributed by atoms with Gasteiger partial charge in [-0.3, -0.25) is 4.79 Å². The molecular weight excluding hydrogens is 303 g/mol. The van der Waals surface area contributed by atoms with Crippen LogP contribution in [0.3, 0.4) is 0 Å². The van der Waals surface area contributed by atoms with E-state index in [1.807, 2.05) is 0 Å². The zero-order valence-electron chi connectivity index (χ0n) is 10.6. The Hall–Kier alpha value is -1.43. The monoisotopic (exact) mass is 316 g/mol. The summed E-state index contributed by atoms with van der Waals surface area (Å²) in [4.78, 5) is 12.2. The lowest BCUT2D eigenvalue weighted by molar-refractivity contribution is -0.115. The van der Waals surface area contributed by atoms with Gasteiger partial charge in [0, 0.05) is 13.1 Å². The standard InChI is InChI=1S/C13H14Cl2N2O3/c14-9-2-1-8(7-10(9)18)11-12(15)16-3-5-20-6-4-17-13(11)19/h1-2,7,16,18H,3-6H2,(H,17,19)/b12-11-. The molecule has 7 heteroatoms. The molecule has 0 radical (unpaired) electrons. The molecule has 0 spiro atoms. The lowest BCUT2D eigenvalue weighted by Gasteiger charge is -2.16.